The molecule has 2 aliphatic rings. The van der Waals surface area contributed by atoms with E-state index in [0.29, 0.717) is 49.9 Å². The Morgan fingerprint density at radius 2 is 0.917 bits per heavy atom. The van der Waals surface area contributed by atoms with Crippen LogP contribution in [-0.4, -0.2) is 26.1 Å². The molecule has 4 nitrogen and oxygen atoms in total. The lowest BCUT2D eigenvalue weighted by molar-refractivity contribution is -0.374. The van der Waals surface area contributed by atoms with Crippen molar-refractivity contribution in [2.45, 2.75) is 61.2 Å². The van der Waals surface area contributed by atoms with Gasteiger partial charge < -0.3 is 20.9 Å². The van der Waals surface area contributed by atoms with Gasteiger partial charge >= 0.3 is 23.7 Å². The van der Waals surface area contributed by atoms with E-state index in [4.69, 9.17) is 20.9 Å². The van der Waals surface area contributed by atoms with Crippen LogP contribution in [0.15, 0.2) is 24.3 Å². The third-order valence-corrected chi connectivity index (χ3v) is 6.73. The van der Waals surface area contributed by atoms with E-state index in [9.17, 15) is 17.6 Å². The normalized spacial score (nSPS) is 17.3. The first-order valence-corrected chi connectivity index (χ1v) is 11.1. The zero-order valence-corrected chi connectivity index (χ0v) is 19.3. The zero-order chi connectivity index (χ0) is 26.8. The lowest BCUT2D eigenvalue weighted by Gasteiger charge is -2.37. The van der Waals surface area contributed by atoms with Crippen molar-refractivity contribution >= 4 is 11.4 Å². The third kappa shape index (κ3) is 3.80. The highest BCUT2D eigenvalue weighted by Gasteiger charge is 2.81. The van der Waals surface area contributed by atoms with Gasteiger partial charge in [-0.2, -0.15) is 35.1 Å². The smallest absolute Gasteiger partial charge is 0.382 e. The van der Waals surface area contributed by atoms with Gasteiger partial charge in [-0.25, -0.2) is 0 Å². The largest absolute Gasteiger partial charge is 0.495 e. The summed E-state index contributed by atoms with van der Waals surface area (Å²) in [5, 5.41) is 0. The second-order valence-electron chi connectivity index (χ2n) is 9.21. The van der Waals surface area contributed by atoms with E-state index in [-0.39, 0.29) is 34.3 Å². The fourth-order valence-electron chi connectivity index (χ4n) is 4.22. The summed E-state index contributed by atoms with van der Waals surface area (Å²) >= 11 is 0. The van der Waals surface area contributed by atoms with Crippen LogP contribution in [0.5, 0.6) is 11.5 Å². The summed E-state index contributed by atoms with van der Waals surface area (Å²) in [6.07, 6.45) is 2.04. The number of nitrogen functional groups attached to an aromatic ring is 2. The molecule has 0 unspecified atom stereocenters. The van der Waals surface area contributed by atoms with Gasteiger partial charge in [0.2, 0.25) is 0 Å². The molecule has 0 bridgehead atoms. The van der Waals surface area contributed by atoms with Crippen LogP contribution < -0.4 is 20.9 Å². The molecule has 0 spiro atoms. The number of halogens is 8. The Hall–Kier alpha value is -2.92. The maximum Gasteiger partial charge on any atom is 0.382 e. The van der Waals surface area contributed by atoms with E-state index in [1.165, 1.54) is 0 Å². The molecule has 0 amide bonds. The minimum atomic E-state index is -6.53. The van der Waals surface area contributed by atoms with Gasteiger partial charge in [-0.3, -0.25) is 0 Å². The van der Waals surface area contributed by atoms with Crippen LogP contribution in [0.3, 0.4) is 0 Å². The molecule has 0 radical (unpaired) electrons. The molecule has 0 saturated heterocycles. The van der Waals surface area contributed by atoms with Gasteiger partial charge in [-0.05, 0) is 72.9 Å². The quantitative estimate of drug-likeness (QED) is 0.280. The summed E-state index contributed by atoms with van der Waals surface area (Å²) in [4.78, 5) is 0. The molecule has 2 aliphatic carbocycles. The molecule has 4 rings (SSSR count). The van der Waals surface area contributed by atoms with Crippen molar-refractivity contribution in [2.24, 2.45) is 0 Å². The molecule has 12 heteroatoms. The SMILES string of the molecule is COc1cc(C(F)(F)C(F)(F)C(F)(F)C(F)(F)c2cc(OC)c(N)c(C3CC3)c2)cc(C2CC2)c1N. The molecule has 0 heterocycles. The van der Waals surface area contributed by atoms with Gasteiger partial charge in [0.25, 0.3) is 0 Å². The molecule has 2 fully saturated rings. The van der Waals surface area contributed by atoms with Gasteiger partial charge in [-0.15, -0.1) is 0 Å². The Morgan fingerprint density at radius 1 is 0.611 bits per heavy atom. The Morgan fingerprint density at radius 3 is 1.17 bits per heavy atom. The zero-order valence-electron chi connectivity index (χ0n) is 19.3. The van der Waals surface area contributed by atoms with Crippen LogP contribution in [0.4, 0.5) is 46.5 Å². The van der Waals surface area contributed by atoms with Crippen LogP contribution in [0.25, 0.3) is 0 Å². The third-order valence-electron chi connectivity index (χ3n) is 6.73. The lowest BCUT2D eigenvalue weighted by Crippen LogP contribution is -2.59. The van der Waals surface area contributed by atoms with Crippen LogP contribution in [0, 0.1) is 0 Å². The summed E-state index contributed by atoms with van der Waals surface area (Å²) in [6.45, 7) is 0. The van der Waals surface area contributed by atoms with E-state index >= 15 is 17.6 Å². The van der Waals surface area contributed by atoms with Gasteiger partial charge in [-0.1, -0.05) is 0 Å². The lowest BCUT2D eigenvalue weighted by atomic mass is 9.88. The number of hydrogen-bond acceptors (Lipinski definition) is 4. The fraction of sp³-hybridized carbons (Fsp3) is 0.500. The Labute approximate surface area is 201 Å². The molecular weight excluding hydrogens is 500 g/mol. The number of nitrogens with two attached hydrogens (primary N) is 2. The second kappa shape index (κ2) is 8.31. The number of benzene rings is 2. The highest BCUT2D eigenvalue weighted by atomic mass is 19.4. The summed E-state index contributed by atoms with van der Waals surface area (Å²) in [6, 6.07) is 1.83. The highest BCUT2D eigenvalue weighted by molar-refractivity contribution is 5.64. The molecule has 198 valence electrons. The van der Waals surface area contributed by atoms with Gasteiger partial charge in [0.05, 0.1) is 25.6 Å². The highest BCUT2D eigenvalue weighted by Crippen LogP contribution is 2.61. The van der Waals surface area contributed by atoms with Crippen LogP contribution >= 0.6 is 0 Å². The van der Waals surface area contributed by atoms with Crippen LogP contribution in [0.1, 0.15) is 59.8 Å². The average molecular weight is 524 g/mol. The number of anilines is 2. The summed E-state index contributed by atoms with van der Waals surface area (Å²) < 4.78 is 130. The summed E-state index contributed by atoms with van der Waals surface area (Å²) in [7, 11) is 2.05. The monoisotopic (exact) mass is 524 g/mol. The van der Waals surface area contributed by atoms with Crippen molar-refractivity contribution in [1.29, 1.82) is 0 Å². The molecule has 0 aromatic heterocycles. The van der Waals surface area contributed by atoms with E-state index in [0.717, 1.165) is 14.2 Å². The fourth-order valence-corrected chi connectivity index (χ4v) is 4.22. The van der Waals surface area contributed by atoms with Crippen molar-refractivity contribution in [1.82, 2.24) is 0 Å². The summed E-state index contributed by atoms with van der Waals surface area (Å²) in [5.41, 5.74) is 8.23. The molecule has 36 heavy (non-hydrogen) atoms. The Bertz CT molecular complexity index is 1090. The summed E-state index contributed by atoms with van der Waals surface area (Å²) in [5.74, 6) is -26.1. The maximum absolute atomic E-state index is 15.1. The molecule has 0 aliphatic heterocycles. The number of ether oxygens (including phenoxy) is 2. The predicted molar refractivity (Wildman–Crippen MR) is 116 cm³/mol. The van der Waals surface area contributed by atoms with Gasteiger partial charge in [0.1, 0.15) is 11.5 Å². The molecule has 2 aromatic carbocycles. The minimum absolute atomic E-state index is 0.00671. The topological polar surface area (TPSA) is 70.5 Å². The Balaban J connectivity index is 1.81. The van der Waals surface area contributed by atoms with E-state index < -0.39 is 46.3 Å². The van der Waals surface area contributed by atoms with Gasteiger partial charge in [0.15, 0.2) is 0 Å². The van der Waals surface area contributed by atoms with Crippen LogP contribution in [-0.2, 0) is 11.8 Å². The van der Waals surface area contributed by atoms with Crippen molar-refractivity contribution in [3.63, 3.8) is 0 Å². The van der Waals surface area contributed by atoms with Crippen LogP contribution in [0.2, 0.25) is 0 Å². The average Bonchev–Trinajstić information content (AvgIpc) is 3.72. The van der Waals surface area contributed by atoms with E-state index in [2.05, 4.69) is 0 Å². The first-order valence-electron chi connectivity index (χ1n) is 11.1. The molecular formula is C24H24F8N2O2. The van der Waals surface area contributed by atoms with Crippen molar-refractivity contribution in [2.75, 3.05) is 25.7 Å². The maximum atomic E-state index is 15.1. The first-order chi connectivity index (χ1) is 16.6. The van der Waals surface area contributed by atoms with Gasteiger partial charge in [0, 0.05) is 11.1 Å². The van der Waals surface area contributed by atoms with Crippen molar-refractivity contribution in [3.05, 3.63) is 46.5 Å². The predicted octanol–water partition coefficient (Wildman–Crippen LogP) is 6.78. The van der Waals surface area contributed by atoms with E-state index in [1.54, 1.807) is 0 Å². The second-order valence-corrected chi connectivity index (χ2v) is 9.21. The number of rotatable bonds is 9. The number of methoxy groups -OCH3 is 2. The van der Waals surface area contributed by atoms with Crippen molar-refractivity contribution < 1.29 is 44.6 Å². The molecule has 2 saturated carbocycles. The number of alkyl halides is 8. The van der Waals surface area contributed by atoms with E-state index in [1.807, 2.05) is 0 Å². The molecule has 2 aromatic rings. The van der Waals surface area contributed by atoms with Crippen molar-refractivity contribution in [3.8, 4) is 11.5 Å². The molecule has 0 atom stereocenters. The minimum Gasteiger partial charge on any atom is -0.495 e. The Kier molecular flexibility index (Phi) is 6.03. The molecule has 4 N–H and O–H groups in total. The first kappa shape index (κ1) is 26.2. The standard InChI is InChI=1S/C24H24F8N2O2/c1-35-17-9-13(7-15(19(17)33)11-3-4-11)21(25,26)23(29,30)24(31,32)22(27,28)14-8-16(12-5-6-12)20(34)18(10-14)36-2/h7-12H,3-6,33-34H2,1-2H3. The number of hydrogen-bond donors (Lipinski definition) is 2.